The fourth-order valence-corrected chi connectivity index (χ4v) is 2.99. The Labute approximate surface area is 155 Å². The Balaban J connectivity index is 0.00000261. The maximum atomic E-state index is 5.79. The van der Waals surface area contributed by atoms with Crippen molar-refractivity contribution < 1.29 is 10.9 Å². The second-order valence-corrected chi connectivity index (χ2v) is 6.19. The summed E-state index contributed by atoms with van der Waals surface area (Å²) in [6.07, 6.45) is 5.25. The molecule has 0 amide bonds. The van der Waals surface area contributed by atoms with Gasteiger partial charge in [0, 0.05) is 33.8 Å². The molecule has 0 aliphatic carbocycles. The molecule has 0 atom stereocenters. The number of nitrogens with two attached hydrogens (primary N) is 1. The summed E-state index contributed by atoms with van der Waals surface area (Å²) >= 11 is 0. The number of hydrogen-bond acceptors (Lipinski definition) is 6. The summed E-state index contributed by atoms with van der Waals surface area (Å²) in [4.78, 5) is 17.5. The summed E-state index contributed by atoms with van der Waals surface area (Å²) in [5.41, 5.74) is 6.77. The number of methoxy groups -OCH3 is 1. The van der Waals surface area contributed by atoms with Crippen molar-refractivity contribution in [1.29, 1.82) is 0 Å². The fourth-order valence-electron chi connectivity index (χ4n) is 2.99. The van der Waals surface area contributed by atoms with Crippen molar-refractivity contribution in [3.63, 3.8) is 0 Å². The van der Waals surface area contributed by atoms with E-state index in [2.05, 4.69) is 24.8 Å². The number of ether oxygens (including phenoxy) is 2. The molecule has 3 heterocycles. The zero-order valence-electron chi connectivity index (χ0n) is 15.3. The Morgan fingerprint density at radius 2 is 2.12 bits per heavy atom. The summed E-state index contributed by atoms with van der Waals surface area (Å²) in [6, 6.07) is 4.40. The molecule has 1 aromatic rings. The molecule has 0 bridgehead atoms. The Hall–Kier alpha value is -2.45. The number of allylic oxidation sites excluding steroid dienone is 2. The van der Waals surface area contributed by atoms with E-state index in [0.29, 0.717) is 17.7 Å². The predicted octanol–water partition coefficient (Wildman–Crippen LogP) is 1.45. The average molecular weight is 360 g/mol. The third-order valence-corrected chi connectivity index (χ3v) is 4.53. The molecule has 0 spiro atoms. The minimum atomic E-state index is 0. The van der Waals surface area contributed by atoms with Crippen molar-refractivity contribution in [2.24, 2.45) is 15.7 Å². The van der Waals surface area contributed by atoms with Crippen molar-refractivity contribution in [1.82, 2.24) is 9.88 Å². The second-order valence-electron chi connectivity index (χ2n) is 6.19. The van der Waals surface area contributed by atoms with Gasteiger partial charge in [0.25, 0.3) is 0 Å². The van der Waals surface area contributed by atoms with Crippen molar-refractivity contribution in [3.05, 3.63) is 24.3 Å². The molecular formula is C18H28N6O2. The van der Waals surface area contributed by atoms with Gasteiger partial charge in [-0.1, -0.05) is 6.08 Å². The van der Waals surface area contributed by atoms with E-state index < -0.39 is 0 Å². The van der Waals surface area contributed by atoms with Gasteiger partial charge in [0.2, 0.25) is 11.8 Å². The van der Waals surface area contributed by atoms with Crippen LogP contribution in [0.2, 0.25) is 0 Å². The van der Waals surface area contributed by atoms with E-state index >= 15 is 0 Å². The Kier molecular flexibility index (Phi) is 6.19. The maximum Gasteiger partial charge on any atom is 0.239 e. The van der Waals surface area contributed by atoms with Gasteiger partial charge in [0.05, 0.1) is 26.4 Å². The largest absolute Gasteiger partial charge is 0.479 e. The highest BCUT2D eigenvalue weighted by Crippen LogP contribution is 2.30. The van der Waals surface area contributed by atoms with Gasteiger partial charge in [0.15, 0.2) is 5.82 Å². The van der Waals surface area contributed by atoms with Crippen LogP contribution in [0.4, 0.5) is 11.5 Å². The first kappa shape index (κ1) is 18.3. The van der Waals surface area contributed by atoms with E-state index in [4.69, 9.17) is 15.2 Å². The van der Waals surface area contributed by atoms with Crippen LogP contribution in [0, 0.1) is 0 Å². The topological polar surface area (TPSA) is 88.6 Å². The molecule has 8 heteroatoms. The molecule has 26 heavy (non-hydrogen) atoms. The number of anilines is 1. The molecular weight excluding hydrogens is 332 g/mol. The van der Waals surface area contributed by atoms with Gasteiger partial charge in [-0.25, -0.2) is 4.99 Å². The number of nitrogens with zero attached hydrogens (tertiary/aromatic N) is 5. The summed E-state index contributed by atoms with van der Waals surface area (Å²) < 4.78 is 10.8. The maximum absolute atomic E-state index is 5.79. The summed E-state index contributed by atoms with van der Waals surface area (Å²) in [6.45, 7) is 7.53. The zero-order chi connectivity index (χ0) is 18.4. The monoisotopic (exact) mass is 360 g/mol. The molecule has 8 nitrogen and oxygen atoms in total. The smallest absolute Gasteiger partial charge is 0.239 e. The van der Waals surface area contributed by atoms with Crippen LogP contribution in [0.5, 0.6) is 5.88 Å². The SMILES string of the molecule is C/C=C/C=N/C(N)=Nc1ccc(N2CCN(C3COC3)CC2)c(OC)n1.[HH]. The number of aromatic nitrogens is 1. The average Bonchev–Trinajstić information content (AvgIpc) is 2.61. The van der Waals surface area contributed by atoms with Crippen molar-refractivity contribution in [2.75, 3.05) is 51.4 Å². The molecule has 0 saturated carbocycles. The van der Waals surface area contributed by atoms with E-state index in [1.165, 1.54) is 0 Å². The van der Waals surface area contributed by atoms with Crippen LogP contribution in [0.3, 0.4) is 0 Å². The lowest BCUT2D eigenvalue weighted by atomic mass is 10.1. The highest BCUT2D eigenvalue weighted by molar-refractivity contribution is 5.91. The molecule has 2 saturated heterocycles. The number of hydrogen-bond donors (Lipinski definition) is 1. The van der Waals surface area contributed by atoms with Gasteiger partial charge in [0.1, 0.15) is 5.69 Å². The van der Waals surface area contributed by atoms with Crippen molar-refractivity contribution in [2.45, 2.75) is 13.0 Å². The molecule has 0 unspecified atom stereocenters. The normalized spacial score (nSPS) is 20.1. The molecule has 0 radical (unpaired) electrons. The number of pyridine rings is 1. The van der Waals surface area contributed by atoms with Gasteiger partial charge in [-0.3, -0.25) is 4.90 Å². The van der Waals surface area contributed by atoms with Gasteiger partial charge >= 0.3 is 0 Å². The molecule has 2 fully saturated rings. The van der Waals surface area contributed by atoms with Crippen LogP contribution in [-0.4, -0.2) is 74.6 Å². The lowest BCUT2D eigenvalue weighted by Gasteiger charge is -2.43. The minimum Gasteiger partial charge on any atom is -0.479 e. The van der Waals surface area contributed by atoms with Gasteiger partial charge in [-0.05, 0) is 25.1 Å². The second kappa shape index (κ2) is 8.77. The highest BCUT2D eigenvalue weighted by Gasteiger charge is 2.29. The van der Waals surface area contributed by atoms with Crippen LogP contribution in [0.1, 0.15) is 8.35 Å². The first-order chi connectivity index (χ1) is 12.7. The third kappa shape index (κ3) is 4.39. The fraction of sp³-hybridized carbons (Fsp3) is 0.500. The highest BCUT2D eigenvalue weighted by atomic mass is 16.5. The summed E-state index contributed by atoms with van der Waals surface area (Å²) in [5.74, 6) is 1.18. The molecule has 0 aromatic carbocycles. The first-order valence-corrected chi connectivity index (χ1v) is 8.82. The Bertz CT molecular complexity index is 697. The molecule has 142 valence electrons. The van der Waals surface area contributed by atoms with E-state index in [1.807, 2.05) is 25.1 Å². The van der Waals surface area contributed by atoms with E-state index in [9.17, 15) is 0 Å². The first-order valence-electron chi connectivity index (χ1n) is 8.82. The van der Waals surface area contributed by atoms with Crippen LogP contribution < -0.4 is 15.4 Å². The number of aliphatic imine (C=N–C) groups is 2. The van der Waals surface area contributed by atoms with Gasteiger partial charge in [-0.2, -0.15) is 9.98 Å². The van der Waals surface area contributed by atoms with Crippen LogP contribution in [0.25, 0.3) is 0 Å². The van der Waals surface area contributed by atoms with E-state index in [1.54, 1.807) is 19.4 Å². The summed E-state index contributed by atoms with van der Waals surface area (Å²) in [5, 5.41) is 0. The Morgan fingerprint density at radius 3 is 2.73 bits per heavy atom. The standard InChI is InChI=1S/C18H26N6O2.H2/c1-3-4-7-20-18(19)22-16-6-5-15(17(21-16)25-2)24-10-8-23(9-11-24)14-12-26-13-14;/h3-7,14H,8-13H2,1-2H3,(H2,19,21,22);1H/b4-3+,20-7+;. The molecule has 2 aliphatic heterocycles. The van der Waals surface area contributed by atoms with Gasteiger partial charge < -0.3 is 20.1 Å². The number of rotatable bonds is 5. The minimum absolute atomic E-state index is 0. The third-order valence-electron chi connectivity index (χ3n) is 4.53. The lowest BCUT2D eigenvalue weighted by Crippen LogP contribution is -2.56. The molecule has 2 aliphatic rings. The molecule has 3 rings (SSSR count). The number of guanidine groups is 1. The number of piperazine rings is 1. The van der Waals surface area contributed by atoms with Gasteiger partial charge in [-0.15, -0.1) is 0 Å². The van der Waals surface area contributed by atoms with E-state index in [0.717, 1.165) is 45.1 Å². The molecule has 1 aromatic heterocycles. The summed E-state index contributed by atoms with van der Waals surface area (Å²) in [7, 11) is 1.62. The van der Waals surface area contributed by atoms with Crippen molar-refractivity contribution >= 4 is 23.7 Å². The predicted molar refractivity (Wildman–Crippen MR) is 106 cm³/mol. The quantitative estimate of drug-likeness (QED) is 0.632. The van der Waals surface area contributed by atoms with Crippen LogP contribution in [-0.2, 0) is 4.74 Å². The van der Waals surface area contributed by atoms with Crippen LogP contribution in [0.15, 0.2) is 34.3 Å². The van der Waals surface area contributed by atoms with Crippen LogP contribution >= 0.6 is 0 Å². The molecule has 2 N–H and O–H groups in total. The zero-order valence-corrected chi connectivity index (χ0v) is 15.3. The van der Waals surface area contributed by atoms with E-state index in [-0.39, 0.29) is 7.39 Å². The Morgan fingerprint density at radius 1 is 1.35 bits per heavy atom. The van der Waals surface area contributed by atoms with Crippen molar-refractivity contribution in [3.8, 4) is 5.88 Å². The lowest BCUT2D eigenvalue weighted by molar-refractivity contribution is -0.0660.